The van der Waals surface area contributed by atoms with Gasteiger partial charge in [-0.25, -0.2) is 0 Å². The molecule has 1 aliphatic rings. The Morgan fingerprint density at radius 1 is 1.44 bits per heavy atom. The van der Waals surface area contributed by atoms with Crippen molar-refractivity contribution in [1.82, 2.24) is 10.5 Å². The topological polar surface area (TPSA) is 55.1 Å². The van der Waals surface area contributed by atoms with Gasteiger partial charge in [-0.15, -0.1) is 0 Å². The predicted octanol–water partition coefficient (Wildman–Crippen LogP) is 1.65. The van der Waals surface area contributed by atoms with Gasteiger partial charge < -0.3 is 9.84 Å². The first kappa shape index (κ1) is 9.39. The lowest BCUT2D eigenvalue weighted by atomic mass is 10.1. The van der Waals surface area contributed by atoms with Gasteiger partial charge in [-0.3, -0.25) is 4.79 Å². The summed E-state index contributed by atoms with van der Waals surface area (Å²) in [6.45, 7) is 0. The monoisotopic (exact) mass is 216 g/mol. The Morgan fingerprint density at radius 3 is 3.06 bits per heavy atom. The van der Waals surface area contributed by atoms with Crippen molar-refractivity contribution in [2.24, 2.45) is 0 Å². The maximum absolute atomic E-state index is 11.6. The summed E-state index contributed by atoms with van der Waals surface area (Å²) in [6, 6.07) is 7.98. The first-order chi connectivity index (χ1) is 7.83. The van der Waals surface area contributed by atoms with Gasteiger partial charge in [-0.2, -0.15) is 0 Å². The number of aromatic nitrogens is 1. The van der Waals surface area contributed by atoms with Crippen molar-refractivity contribution in [2.45, 2.75) is 25.3 Å². The first-order valence-electron chi connectivity index (χ1n) is 5.45. The van der Waals surface area contributed by atoms with Crippen LogP contribution in [0.1, 0.15) is 18.5 Å². The van der Waals surface area contributed by atoms with Crippen molar-refractivity contribution in [1.29, 1.82) is 0 Å². The van der Waals surface area contributed by atoms with Crippen LogP contribution in [0.2, 0.25) is 0 Å². The lowest BCUT2D eigenvalue weighted by molar-refractivity contribution is -0.120. The van der Waals surface area contributed by atoms with Crippen LogP contribution in [-0.4, -0.2) is 17.1 Å². The smallest absolute Gasteiger partial charge is 0.226 e. The third-order valence-electron chi connectivity index (χ3n) is 2.72. The lowest BCUT2D eigenvalue weighted by Crippen LogP contribution is -2.27. The highest BCUT2D eigenvalue weighted by Crippen LogP contribution is 2.20. The molecule has 4 nitrogen and oxygen atoms in total. The SMILES string of the molecule is O=C(Cc1noc2ccccc12)NC1CC1. The van der Waals surface area contributed by atoms with E-state index < -0.39 is 0 Å². The molecule has 82 valence electrons. The summed E-state index contributed by atoms with van der Waals surface area (Å²) in [5.41, 5.74) is 1.45. The van der Waals surface area contributed by atoms with Gasteiger partial charge >= 0.3 is 0 Å². The minimum atomic E-state index is 0.0292. The summed E-state index contributed by atoms with van der Waals surface area (Å²) in [4.78, 5) is 11.6. The quantitative estimate of drug-likeness (QED) is 0.848. The summed E-state index contributed by atoms with van der Waals surface area (Å²) in [7, 11) is 0. The van der Waals surface area contributed by atoms with Crippen LogP contribution >= 0.6 is 0 Å². The van der Waals surface area contributed by atoms with E-state index >= 15 is 0 Å². The van der Waals surface area contributed by atoms with E-state index in [9.17, 15) is 4.79 Å². The number of rotatable bonds is 3. The Hall–Kier alpha value is -1.84. The first-order valence-corrected chi connectivity index (χ1v) is 5.45. The van der Waals surface area contributed by atoms with Crippen molar-refractivity contribution >= 4 is 16.9 Å². The number of amides is 1. The zero-order valence-corrected chi connectivity index (χ0v) is 8.77. The van der Waals surface area contributed by atoms with Crippen molar-refractivity contribution in [2.75, 3.05) is 0 Å². The largest absolute Gasteiger partial charge is 0.356 e. The number of nitrogens with zero attached hydrogens (tertiary/aromatic N) is 1. The number of fused-ring (bicyclic) bond motifs is 1. The second-order valence-corrected chi connectivity index (χ2v) is 4.14. The molecule has 1 aromatic carbocycles. The molecule has 2 aromatic rings. The highest BCUT2D eigenvalue weighted by Gasteiger charge is 2.23. The third kappa shape index (κ3) is 1.78. The average molecular weight is 216 g/mol. The normalized spacial score (nSPS) is 15.2. The number of hydrogen-bond donors (Lipinski definition) is 1. The van der Waals surface area contributed by atoms with Gasteiger partial charge in [0.15, 0.2) is 5.58 Å². The van der Waals surface area contributed by atoms with Crippen LogP contribution in [0.4, 0.5) is 0 Å². The van der Waals surface area contributed by atoms with Crippen LogP contribution in [0.3, 0.4) is 0 Å². The van der Waals surface area contributed by atoms with E-state index in [1.807, 2.05) is 24.3 Å². The maximum Gasteiger partial charge on any atom is 0.226 e. The zero-order chi connectivity index (χ0) is 11.0. The van der Waals surface area contributed by atoms with Crippen LogP contribution in [0.25, 0.3) is 11.0 Å². The molecule has 0 spiro atoms. The Morgan fingerprint density at radius 2 is 2.25 bits per heavy atom. The van der Waals surface area contributed by atoms with Crippen molar-refractivity contribution < 1.29 is 9.32 Å². The van der Waals surface area contributed by atoms with Gasteiger partial charge in [0.05, 0.1) is 6.42 Å². The average Bonchev–Trinajstić information content (AvgIpc) is 3.00. The fraction of sp³-hybridized carbons (Fsp3) is 0.333. The molecule has 1 fully saturated rings. The molecule has 1 saturated carbocycles. The van der Waals surface area contributed by atoms with E-state index in [1.165, 1.54) is 0 Å². The van der Waals surface area contributed by atoms with Crippen LogP contribution in [0.5, 0.6) is 0 Å². The van der Waals surface area contributed by atoms with Gasteiger partial charge in [0, 0.05) is 11.4 Å². The molecule has 1 amide bonds. The molecule has 0 unspecified atom stereocenters. The highest BCUT2D eigenvalue weighted by atomic mass is 16.5. The number of hydrogen-bond acceptors (Lipinski definition) is 3. The van der Waals surface area contributed by atoms with Crippen LogP contribution < -0.4 is 5.32 Å². The molecule has 0 aliphatic heterocycles. The molecule has 3 rings (SSSR count). The van der Waals surface area contributed by atoms with E-state index in [1.54, 1.807) is 0 Å². The molecule has 1 aliphatic carbocycles. The number of carbonyl (C=O) groups is 1. The Kier molecular flexibility index (Phi) is 2.13. The van der Waals surface area contributed by atoms with Gasteiger partial charge in [0.25, 0.3) is 0 Å². The van der Waals surface area contributed by atoms with E-state index in [0.717, 1.165) is 23.8 Å². The number of benzene rings is 1. The van der Waals surface area contributed by atoms with Crippen molar-refractivity contribution in [3.8, 4) is 0 Å². The predicted molar refractivity (Wildman–Crippen MR) is 58.9 cm³/mol. The van der Waals surface area contributed by atoms with Crippen molar-refractivity contribution in [3.63, 3.8) is 0 Å². The molecule has 0 radical (unpaired) electrons. The third-order valence-corrected chi connectivity index (χ3v) is 2.72. The second kappa shape index (κ2) is 3.63. The molecule has 1 aromatic heterocycles. The molecular formula is C12H12N2O2. The summed E-state index contributed by atoms with van der Waals surface area (Å²) in [5.74, 6) is 0.0292. The molecule has 16 heavy (non-hydrogen) atoms. The minimum absolute atomic E-state index is 0.0292. The van der Waals surface area contributed by atoms with E-state index in [0.29, 0.717) is 18.2 Å². The van der Waals surface area contributed by atoms with E-state index in [4.69, 9.17) is 4.52 Å². The maximum atomic E-state index is 11.6. The number of para-hydroxylation sites is 1. The molecule has 0 saturated heterocycles. The van der Waals surface area contributed by atoms with Gasteiger partial charge in [0.1, 0.15) is 5.69 Å². The highest BCUT2D eigenvalue weighted by molar-refractivity contribution is 5.86. The lowest BCUT2D eigenvalue weighted by Gasteiger charge is -1.99. The Bertz CT molecular complexity index is 529. The molecule has 0 bridgehead atoms. The molecule has 0 atom stereocenters. The van der Waals surface area contributed by atoms with Gasteiger partial charge in [-0.05, 0) is 25.0 Å². The molecular weight excluding hydrogens is 204 g/mol. The summed E-state index contributed by atoms with van der Waals surface area (Å²) < 4.78 is 5.14. The Balaban J connectivity index is 1.80. The second-order valence-electron chi connectivity index (χ2n) is 4.14. The molecule has 4 heteroatoms. The number of nitrogens with one attached hydrogen (secondary N) is 1. The summed E-state index contributed by atoms with van der Waals surface area (Å²) in [6.07, 6.45) is 2.50. The fourth-order valence-corrected chi connectivity index (χ4v) is 1.72. The molecule has 1 N–H and O–H groups in total. The van der Waals surface area contributed by atoms with Gasteiger partial charge in [-0.1, -0.05) is 17.3 Å². The van der Waals surface area contributed by atoms with E-state index in [2.05, 4.69) is 10.5 Å². The Labute approximate surface area is 92.6 Å². The van der Waals surface area contributed by atoms with Crippen LogP contribution in [0.15, 0.2) is 28.8 Å². The van der Waals surface area contributed by atoms with Crippen molar-refractivity contribution in [3.05, 3.63) is 30.0 Å². The standard InChI is InChI=1S/C12H12N2O2/c15-12(13-8-5-6-8)7-10-9-3-1-2-4-11(9)16-14-10/h1-4,8H,5-7H2,(H,13,15). The fourth-order valence-electron chi connectivity index (χ4n) is 1.72. The zero-order valence-electron chi connectivity index (χ0n) is 8.77. The summed E-state index contributed by atoms with van der Waals surface area (Å²) in [5, 5.41) is 7.79. The van der Waals surface area contributed by atoms with Crippen LogP contribution in [0, 0.1) is 0 Å². The summed E-state index contributed by atoms with van der Waals surface area (Å²) >= 11 is 0. The van der Waals surface area contributed by atoms with Crippen LogP contribution in [-0.2, 0) is 11.2 Å². The van der Waals surface area contributed by atoms with Gasteiger partial charge in [0.2, 0.25) is 5.91 Å². The molecule has 1 heterocycles. The minimum Gasteiger partial charge on any atom is -0.356 e. The number of carbonyl (C=O) groups excluding carboxylic acids is 1. The van der Waals surface area contributed by atoms with E-state index in [-0.39, 0.29) is 5.91 Å².